The lowest BCUT2D eigenvalue weighted by atomic mass is 9.93. The van der Waals surface area contributed by atoms with Crippen LogP contribution in [0.1, 0.15) is 51.8 Å². The van der Waals surface area contributed by atoms with Crippen LogP contribution >= 0.6 is 0 Å². The van der Waals surface area contributed by atoms with Gasteiger partial charge in [0.25, 0.3) is 0 Å². The molecule has 0 aliphatic carbocycles. The molecule has 0 amide bonds. The molecule has 2 heterocycles. The van der Waals surface area contributed by atoms with E-state index in [1.54, 1.807) is 6.26 Å². The number of nitrogens with one attached hydrogen (secondary N) is 1. The normalized spacial score (nSPS) is 25.7. The first-order valence-electron chi connectivity index (χ1n) is 6.54. The molecule has 17 heavy (non-hydrogen) atoms. The molecule has 3 heteroatoms. The van der Waals surface area contributed by atoms with Gasteiger partial charge in [-0.2, -0.15) is 0 Å². The van der Waals surface area contributed by atoms with Gasteiger partial charge in [-0.3, -0.25) is 0 Å². The molecule has 0 spiro atoms. The van der Waals surface area contributed by atoms with Crippen LogP contribution in [0.15, 0.2) is 22.8 Å². The molecule has 0 bridgehead atoms. The summed E-state index contributed by atoms with van der Waals surface area (Å²) in [4.78, 5) is 0. The zero-order valence-corrected chi connectivity index (χ0v) is 11.0. The Morgan fingerprint density at radius 3 is 2.94 bits per heavy atom. The number of furan rings is 1. The molecule has 0 saturated carbocycles. The van der Waals surface area contributed by atoms with Gasteiger partial charge < -0.3 is 14.5 Å². The Morgan fingerprint density at radius 2 is 2.35 bits per heavy atom. The second kappa shape index (κ2) is 5.23. The summed E-state index contributed by atoms with van der Waals surface area (Å²) in [6.45, 7) is 7.35. The number of rotatable bonds is 4. The molecule has 0 radical (unpaired) electrons. The van der Waals surface area contributed by atoms with E-state index >= 15 is 0 Å². The Hall–Kier alpha value is -0.800. The van der Waals surface area contributed by atoms with Crippen LogP contribution in [0.25, 0.3) is 0 Å². The van der Waals surface area contributed by atoms with Crippen LogP contribution in [0, 0.1) is 0 Å². The van der Waals surface area contributed by atoms with Gasteiger partial charge in [0.1, 0.15) is 5.76 Å². The van der Waals surface area contributed by atoms with Gasteiger partial charge >= 0.3 is 0 Å². The van der Waals surface area contributed by atoms with Crippen LogP contribution in [-0.4, -0.2) is 18.2 Å². The van der Waals surface area contributed by atoms with Crippen LogP contribution in [0.2, 0.25) is 0 Å². The highest BCUT2D eigenvalue weighted by molar-refractivity contribution is 5.04. The van der Waals surface area contributed by atoms with E-state index in [-0.39, 0.29) is 5.60 Å². The maximum Gasteiger partial charge on any atom is 0.120 e. The Kier molecular flexibility index (Phi) is 3.89. The second-order valence-corrected chi connectivity index (χ2v) is 5.44. The summed E-state index contributed by atoms with van der Waals surface area (Å²) in [6, 6.07) is 4.84. The van der Waals surface area contributed by atoms with E-state index in [1.165, 1.54) is 0 Å². The van der Waals surface area contributed by atoms with Crippen LogP contribution in [-0.2, 0) is 4.74 Å². The molecule has 1 aliphatic heterocycles. The molecule has 2 rings (SSSR count). The Balaban J connectivity index is 1.95. The first-order valence-corrected chi connectivity index (χ1v) is 6.54. The third-order valence-electron chi connectivity index (χ3n) is 3.43. The lowest BCUT2D eigenvalue weighted by Crippen LogP contribution is -2.44. The van der Waals surface area contributed by atoms with Crippen molar-refractivity contribution in [3.05, 3.63) is 24.2 Å². The molecule has 1 aromatic rings. The molecule has 2 atom stereocenters. The van der Waals surface area contributed by atoms with Crippen molar-refractivity contribution in [1.82, 2.24) is 5.32 Å². The largest absolute Gasteiger partial charge is 0.468 e. The van der Waals surface area contributed by atoms with Crippen molar-refractivity contribution in [1.29, 1.82) is 0 Å². The lowest BCUT2D eigenvalue weighted by molar-refractivity contribution is -0.0645. The molecular formula is C14H23NO2. The Bertz CT molecular complexity index is 332. The SMILES string of the molecule is CCC(NC1CCOC(C)(C)C1)c1ccco1. The molecular weight excluding hydrogens is 214 g/mol. The minimum atomic E-state index is -0.00261. The van der Waals surface area contributed by atoms with Gasteiger partial charge in [0.05, 0.1) is 17.9 Å². The molecule has 2 unspecified atom stereocenters. The highest BCUT2D eigenvalue weighted by atomic mass is 16.5. The van der Waals surface area contributed by atoms with Crippen molar-refractivity contribution >= 4 is 0 Å². The van der Waals surface area contributed by atoms with Gasteiger partial charge in [-0.15, -0.1) is 0 Å². The van der Waals surface area contributed by atoms with Crippen molar-refractivity contribution < 1.29 is 9.15 Å². The highest BCUT2D eigenvalue weighted by Gasteiger charge is 2.30. The fourth-order valence-electron chi connectivity index (χ4n) is 2.55. The van der Waals surface area contributed by atoms with Gasteiger partial charge in [-0.1, -0.05) is 6.92 Å². The molecule has 3 nitrogen and oxygen atoms in total. The van der Waals surface area contributed by atoms with E-state index in [4.69, 9.17) is 9.15 Å². The summed E-state index contributed by atoms with van der Waals surface area (Å²) in [5.41, 5.74) is -0.00261. The van der Waals surface area contributed by atoms with Gasteiger partial charge in [-0.25, -0.2) is 0 Å². The number of hydrogen-bond acceptors (Lipinski definition) is 3. The Morgan fingerprint density at radius 1 is 1.53 bits per heavy atom. The second-order valence-electron chi connectivity index (χ2n) is 5.44. The van der Waals surface area contributed by atoms with Crippen molar-refractivity contribution in [2.75, 3.05) is 6.61 Å². The monoisotopic (exact) mass is 237 g/mol. The maximum absolute atomic E-state index is 5.74. The molecule has 1 aromatic heterocycles. The topological polar surface area (TPSA) is 34.4 Å². The van der Waals surface area contributed by atoms with E-state index in [0.717, 1.165) is 31.6 Å². The third-order valence-corrected chi connectivity index (χ3v) is 3.43. The summed E-state index contributed by atoms with van der Waals surface area (Å²) in [5, 5.41) is 3.69. The minimum Gasteiger partial charge on any atom is -0.468 e. The van der Waals surface area contributed by atoms with Gasteiger partial charge in [0.2, 0.25) is 0 Å². The van der Waals surface area contributed by atoms with E-state index in [9.17, 15) is 0 Å². The average molecular weight is 237 g/mol. The van der Waals surface area contributed by atoms with E-state index in [0.29, 0.717) is 12.1 Å². The molecule has 1 fully saturated rings. The van der Waals surface area contributed by atoms with Crippen LogP contribution < -0.4 is 5.32 Å². The summed E-state index contributed by atoms with van der Waals surface area (Å²) < 4.78 is 11.2. The summed E-state index contributed by atoms with van der Waals surface area (Å²) in [7, 11) is 0. The fraction of sp³-hybridized carbons (Fsp3) is 0.714. The molecule has 96 valence electrons. The van der Waals surface area contributed by atoms with E-state index in [1.807, 2.05) is 12.1 Å². The molecule has 1 saturated heterocycles. The third kappa shape index (κ3) is 3.33. The quantitative estimate of drug-likeness (QED) is 0.872. The molecule has 0 aromatic carbocycles. The zero-order valence-electron chi connectivity index (χ0n) is 11.0. The van der Waals surface area contributed by atoms with Crippen LogP contribution in [0.5, 0.6) is 0 Å². The van der Waals surface area contributed by atoms with Crippen molar-refractivity contribution in [3.63, 3.8) is 0 Å². The zero-order chi connectivity index (χ0) is 12.3. The van der Waals surface area contributed by atoms with E-state index < -0.39 is 0 Å². The summed E-state index contributed by atoms with van der Waals surface area (Å²) >= 11 is 0. The molecule has 1 N–H and O–H groups in total. The average Bonchev–Trinajstić information content (AvgIpc) is 2.78. The first-order chi connectivity index (χ1) is 8.11. The fourth-order valence-corrected chi connectivity index (χ4v) is 2.55. The van der Waals surface area contributed by atoms with Crippen molar-refractivity contribution in [3.8, 4) is 0 Å². The van der Waals surface area contributed by atoms with Crippen LogP contribution in [0.3, 0.4) is 0 Å². The molecule has 1 aliphatic rings. The predicted octanol–water partition coefficient (Wildman–Crippen LogP) is 3.28. The first kappa shape index (κ1) is 12.7. The van der Waals surface area contributed by atoms with Crippen LogP contribution in [0.4, 0.5) is 0 Å². The Labute approximate surface area is 104 Å². The van der Waals surface area contributed by atoms with Gasteiger partial charge in [0, 0.05) is 12.6 Å². The standard InChI is InChI=1S/C14H23NO2/c1-4-12(13-6-5-8-16-13)15-11-7-9-17-14(2,3)10-11/h5-6,8,11-12,15H,4,7,9-10H2,1-3H3. The van der Waals surface area contributed by atoms with Gasteiger partial charge in [-0.05, 0) is 45.2 Å². The predicted molar refractivity (Wildman–Crippen MR) is 67.9 cm³/mol. The van der Waals surface area contributed by atoms with E-state index in [2.05, 4.69) is 26.1 Å². The smallest absolute Gasteiger partial charge is 0.120 e. The van der Waals surface area contributed by atoms with Crippen molar-refractivity contribution in [2.45, 2.75) is 57.7 Å². The van der Waals surface area contributed by atoms with Gasteiger partial charge in [0.15, 0.2) is 0 Å². The summed E-state index contributed by atoms with van der Waals surface area (Å²) in [5.74, 6) is 1.04. The highest BCUT2D eigenvalue weighted by Crippen LogP contribution is 2.27. The number of ether oxygens (including phenoxy) is 1. The summed E-state index contributed by atoms with van der Waals surface area (Å²) in [6.07, 6.45) is 4.93. The maximum atomic E-state index is 5.74. The van der Waals surface area contributed by atoms with Crippen molar-refractivity contribution in [2.24, 2.45) is 0 Å². The minimum absolute atomic E-state index is 0.00261. The lowest BCUT2D eigenvalue weighted by Gasteiger charge is -2.37. The number of hydrogen-bond donors (Lipinski definition) is 1.